The molecular weight excluding hydrogens is 262 g/mol. The lowest BCUT2D eigenvalue weighted by Crippen LogP contribution is -2.60. The van der Waals surface area contributed by atoms with Crippen LogP contribution in [0.3, 0.4) is 0 Å². The van der Waals surface area contributed by atoms with Gasteiger partial charge < -0.3 is 10.2 Å². The molecule has 0 radical (unpaired) electrons. The first kappa shape index (κ1) is 16.0. The summed E-state index contributed by atoms with van der Waals surface area (Å²) in [6, 6.07) is 10.2. The topological polar surface area (TPSA) is 35.6 Å². The molecule has 4 nitrogen and oxygen atoms in total. The second-order valence-electron chi connectivity index (χ2n) is 6.10. The van der Waals surface area contributed by atoms with E-state index in [-0.39, 0.29) is 5.91 Å². The number of carbonyl (C=O) groups excluding carboxylic acids is 1. The zero-order chi connectivity index (χ0) is 15.3. The number of benzene rings is 1. The Bertz CT molecular complexity index is 452. The number of likely N-dealkylation sites (N-methyl/N-ethyl adjacent to an activating group) is 1. The fourth-order valence-electron chi connectivity index (χ4n) is 2.88. The molecule has 116 valence electrons. The molecule has 0 aromatic heterocycles. The molecule has 1 aromatic rings. The molecule has 0 spiro atoms. The van der Waals surface area contributed by atoms with Gasteiger partial charge in [-0.25, -0.2) is 0 Å². The zero-order valence-corrected chi connectivity index (χ0v) is 13.4. The zero-order valence-electron chi connectivity index (χ0n) is 13.4. The number of nitrogens with zero attached hydrogens (tertiary/aromatic N) is 2. The third-order valence-corrected chi connectivity index (χ3v) is 4.32. The Morgan fingerprint density at radius 2 is 1.86 bits per heavy atom. The van der Waals surface area contributed by atoms with E-state index in [1.807, 2.05) is 36.9 Å². The van der Waals surface area contributed by atoms with Crippen molar-refractivity contribution in [1.29, 1.82) is 0 Å². The molecule has 1 aliphatic heterocycles. The van der Waals surface area contributed by atoms with Crippen molar-refractivity contribution in [3.8, 4) is 0 Å². The van der Waals surface area contributed by atoms with Crippen molar-refractivity contribution in [2.75, 3.05) is 32.7 Å². The molecule has 1 amide bonds. The van der Waals surface area contributed by atoms with Crippen LogP contribution in [0.4, 0.5) is 0 Å². The summed E-state index contributed by atoms with van der Waals surface area (Å²) in [6.07, 6.45) is 0. The Morgan fingerprint density at radius 3 is 2.43 bits per heavy atom. The lowest BCUT2D eigenvalue weighted by Gasteiger charge is -2.42. The molecule has 1 heterocycles. The number of carbonyl (C=O) groups is 1. The van der Waals surface area contributed by atoms with Crippen molar-refractivity contribution in [2.45, 2.75) is 32.9 Å². The molecule has 0 bridgehead atoms. The monoisotopic (exact) mass is 289 g/mol. The minimum atomic E-state index is -0.438. The van der Waals surface area contributed by atoms with Crippen LogP contribution in [0.15, 0.2) is 30.3 Å². The van der Waals surface area contributed by atoms with Crippen LogP contribution >= 0.6 is 0 Å². The summed E-state index contributed by atoms with van der Waals surface area (Å²) in [5, 5.41) is 3.34. The molecule has 4 heteroatoms. The number of hydrogen-bond acceptors (Lipinski definition) is 3. The van der Waals surface area contributed by atoms with Gasteiger partial charge in [-0.2, -0.15) is 0 Å². The fraction of sp³-hybridized carbons (Fsp3) is 0.588. The van der Waals surface area contributed by atoms with Crippen LogP contribution in [0.2, 0.25) is 0 Å². The molecule has 0 unspecified atom stereocenters. The minimum Gasteiger partial charge on any atom is -0.337 e. The number of amides is 1. The lowest BCUT2D eigenvalue weighted by molar-refractivity contribution is -0.143. The van der Waals surface area contributed by atoms with E-state index in [0.29, 0.717) is 6.54 Å². The van der Waals surface area contributed by atoms with E-state index in [9.17, 15) is 4.79 Å². The summed E-state index contributed by atoms with van der Waals surface area (Å²) in [5.74, 6) is 0.218. The molecule has 0 aliphatic carbocycles. The first-order valence-corrected chi connectivity index (χ1v) is 7.84. The minimum absolute atomic E-state index is 0.218. The summed E-state index contributed by atoms with van der Waals surface area (Å²) in [4.78, 5) is 17.2. The van der Waals surface area contributed by atoms with Gasteiger partial charge in [0, 0.05) is 39.3 Å². The highest BCUT2D eigenvalue weighted by molar-refractivity contribution is 5.85. The van der Waals surface area contributed by atoms with Crippen LogP contribution in [0.25, 0.3) is 0 Å². The highest BCUT2D eigenvalue weighted by Gasteiger charge is 2.37. The first-order chi connectivity index (χ1) is 10.1. The van der Waals surface area contributed by atoms with E-state index in [0.717, 1.165) is 32.7 Å². The van der Waals surface area contributed by atoms with Crippen LogP contribution in [0.5, 0.6) is 0 Å². The van der Waals surface area contributed by atoms with E-state index in [1.54, 1.807) is 0 Å². The van der Waals surface area contributed by atoms with Crippen molar-refractivity contribution in [3.63, 3.8) is 0 Å². The Hall–Kier alpha value is -1.39. The van der Waals surface area contributed by atoms with Crippen LogP contribution in [-0.4, -0.2) is 54.0 Å². The average molecular weight is 289 g/mol. The summed E-state index contributed by atoms with van der Waals surface area (Å²) < 4.78 is 0. The lowest BCUT2D eigenvalue weighted by atomic mass is 9.99. The predicted molar refractivity (Wildman–Crippen MR) is 86.1 cm³/mol. The second-order valence-corrected chi connectivity index (χ2v) is 6.10. The highest BCUT2D eigenvalue weighted by Crippen LogP contribution is 2.20. The summed E-state index contributed by atoms with van der Waals surface area (Å²) in [6.45, 7) is 11.4. The number of rotatable bonds is 5. The summed E-state index contributed by atoms with van der Waals surface area (Å²) in [7, 11) is 0. The maximum Gasteiger partial charge on any atom is 0.242 e. The van der Waals surface area contributed by atoms with Crippen molar-refractivity contribution in [1.82, 2.24) is 15.1 Å². The quantitative estimate of drug-likeness (QED) is 0.896. The van der Waals surface area contributed by atoms with Gasteiger partial charge in [0.05, 0.1) is 5.54 Å². The predicted octanol–water partition coefficient (Wildman–Crippen LogP) is 1.72. The van der Waals surface area contributed by atoms with E-state index < -0.39 is 5.54 Å². The number of hydrogen-bond donors (Lipinski definition) is 1. The highest BCUT2D eigenvalue weighted by atomic mass is 16.2. The molecule has 1 aliphatic rings. The fourth-order valence-corrected chi connectivity index (χ4v) is 2.88. The average Bonchev–Trinajstić information content (AvgIpc) is 2.53. The van der Waals surface area contributed by atoms with Crippen molar-refractivity contribution < 1.29 is 4.79 Å². The van der Waals surface area contributed by atoms with Crippen LogP contribution in [-0.2, 0) is 11.3 Å². The summed E-state index contributed by atoms with van der Waals surface area (Å²) in [5.41, 5.74) is 0.746. The third-order valence-electron chi connectivity index (χ3n) is 4.32. The molecule has 1 saturated heterocycles. The first-order valence-electron chi connectivity index (χ1n) is 7.84. The van der Waals surface area contributed by atoms with Gasteiger partial charge in [0.25, 0.3) is 0 Å². The summed E-state index contributed by atoms with van der Waals surface area (Å²) >= 11 is 0. The molecule has 2 rings (SSSR count). The Kier molecular flexibility index (Phi) is 5.37. The Labute approximate surface area is 128 Å². The number of nitrogens with one attached hydrogen (secondary N) is 1. The maximum atomic E-state index is 13.0. The normalized spacial score (nSPS) is 16.7. The van der Waals surface area contributed by atoms with Gasteiger partial charge in [-0.3, -0.25) is 9.69 Å². The van der Waals surface area contributed by atoms with Crippen molar-refractivity contribution >= 4 is 5.91 Å². The van der Waals surface area contributed by atoms with Gasteiger partial charge in [-0.1, -0.05) is 30.3 Å². The van der Waals surface area contributed by atoms with E-state index in [4.69, 9.17) is 0 Å². The molecule has 0 saturated carbocycles. The van der Waals surface area contributed by atoms with E-state index in [2.05, 4.69) is 29.3 Å². The van der Waals surface area contributed by atoms with Crippen LogP contribution < -0.4 is 5.32 Å². The Balaban J connectivity index is 2.07. The Morgan fingerprint density at radius 1 is 1.24 bits per heavy atom. The smallest absolute Gasteiger partial charge is 0.242 e. The van der Waals surface area contributed by atoms with Gasteiger partial charge in [-0.05, 0) is 26.3 Å². The maximum absolute atomic E-state index is 13.0. The molecule has 1 N–H and O–H groups in total. The second kappa shape index (κ2) is 7.05. The van der Waals surface area contributed by atoms with Gasteiger partial charge in [-0.15, -0.1) is 0 Å². The molecule has 1 fully saturated rings. The van der Waals surface area contributed by atoms with Gasteiger partial charge in [0.1, 0.15) is 0 Å². The van der Waals surface area contributed by atoms with E-state index in [1.165, 1.54) is 5.56 Å². The molecule has 1 aromatic carbocycles. The van der Waals surface area contributed by atoms with Crippen LogP contribution in [0.1, 0.15) is 26.3 Å². The third kappa shape index (κ3) is 3.83. The van der Waals surface area contributed by atoms with E-state index >= 15 is 0 Å². The molecule has 0 atom stereocenters. The van der Waals surface area contributed by atoms with Crippen molar-refractivity contribution in [2.24, 2.45) is 0 Å². The van der Waals surface area contributed by atoms with Gasteiger partial charge in [0.2, 0.25) is 5.91 Å². The molecule has 21 heavy (non-hydrogen) atoms. The van der Waals surface area contributed by atoms with Gasteiger partial charge >= 0.3 is 0 Å². The largest absolute Gasteiger partial charge is 0.337 e. The molecular formula is C17H27N3O. The van der Waals surface area contributed by atoms with Crippen LogP contribution in [0, 0.1) is 0 Å². The van der Waals surface area contributed by atoms with Gasteiger partial charge in [0.15, 0.2) is 0 Å². The number of piperazine rings is 1. The SMILES string of the molecule is CCN(Cc1ccccc1)C(=O)C(C)(C)N1CCNCC1. The standard InChI is InChI=1S/C17H27N3O/c1-4-19(14-15-8-6-5-7-9-15)16(21)17(2,3)20-12-10-18-11-13-20/h5-9,18H,4,10-14H2,1-3H3. The van der Waals surface area contributed by atoms with Crippen molar-refractivity contribution in [3.05, 3.63) is 35.9 Å².